The van der Waals surface area contributed by atoms with Crippen molar-refractivity contribution in [3.8, 4) is 0 Å². The molecule has 1 aromatic carbocycles. The number of benzene rings is 1. The summed E-state index contributed by atoms with van der Waals surface area (Å²) in [4.78, 5) is 27.3. The van der Waals surface area contributed by atoms with Crippen molar-refractivity contribution in [2.45, 2.75) is 6.92 Å². The maximum atomic E-state index is 12.2. The Morgan fingerprint density at radius 1 is 1.25 bits per heavy atom. The second kappa shape index (κ2) is 6.38. The highest BCUT2D eigenvalue weighted by molar-refractivity contribution is 6.00. The van der Waals surface area contributed by atoms with Gasteiger partial charge in [0.05, 0.1) is 24.5 Å². The zero-order valence-corrected chi connectivity index (χ0v) is 11.6. The van der Waals surface area contributed by atoms with Crippen LogP contribution in [0.25, 0.3) is 0 Å². The van der Waals surface area contributed by atoms with Crippen LogP contribution >= 0.6 is 0 Å². The average Bonchev–Trinajstić information content (AvgIpc) is 2.51. The summed E-state index contributed by atoms with van der Waals surface area (Å²) in [5.74, 6) is -0.436. The van der Waals surface area contributed by atoms with Crippen molar-refractivity contribution in [2.75, 3.05) is 42.5 Å². The highest BCUT2D eigenvalue weighted by atomic mass is 16.2. The summed E-state index contributed by atoms with van der Waals surface area (Å²) in [5, 5.41) is 2.52. The smallest absolute Gasteiger partial charge is 0.246 e. The van der Waals surface area contributed by atoms with E-state index in [1.54, 1.807) is 4.90 Å². The summed E-state index contributed by atoms with van der Waals surface area (Å²) in [6.07, 6.45) is 0. The second-order valence-electron chi connectivity index (χ2n) is 4.59. The van der Waals surface area contributed by atoms with Crippen LogP contribution in [0.2, 0.25) is 0 Å². The largest absolute Gasteiger partial charge is 0.368 e. The van der Waals surface area contributed by atoms with Crippen LogP contribution < -0.4 is 20.9 Å². The summed E-state index contributed by atoms with van der Waals surface area (Å²) >= 11 is 0. The molecule has 1 aliphatic rings. The van der Waals surface area contributed by atoms with Crippen LogP contribution in [0.4, 0.5) is 11.4 Å². The lowest BCUT2D eigenvalue weighted by atomic mass is 10.1. The van der Waals surface area contributed by atoms with Gasteiger partial charge in [-0.2, -0.15) is 0 Å². The van der Waals surface area contributed by atoms with Crippen molar-refractivity contribution in [3.63, 3.8) is 0 Å². The molecule has 0 unspecified atom stereocenters. The van der Waals surface area contributed by atoms with Gasteiger partial charge < -0.3 is 20.9 Å². The minimum absolute atomic E-state index is 0.0174. The molecule has 1 heterocycles. The fraction of sp³-hybridized carbons (Fsp3) is 0.429. The van der Waals surface area contributed by atoms with Gasteiger partial charge in [0.15, 0.2) is 0 Å². The predicted molar refractivity (Wildman–Crippen MR) is 78.7 cm³/mol. The van der Waals surface area contributed by atoms with Gasteiger partial charge in [0.25, 0.3) is 0 Å². The number of likely N-dealkylation sites (N-methyl/N-ethyl adjacent to an activating group) is 1. The minimum atomic E-state index is -0.321. The molecule has 0 saturated heterocycles. The normalized spacial score (nSPS) is 13.9. The maximum Gasteiger partial charge on any atom is 0.246 e. The molecule has 0 bridgehead atoms. The van der Waals surface area contributed by atoms with Gasteiger partial charge in [0.2, 0.25) is 11.8 Å². The number of hydrogen-bond acceptors (Lipinski definition) is 4. The van der Waals surface area contributed by atoms with Gasteiger partial charge in [-0.05, 0) is 19.1 Å². The Kier molecular flexibility index (Phi) is 4.57. The van der Waals surface area contributed by atoms with Crippen molar-refractivity contribution in [2.24, 2.45) is 5.73 Å². The molecule has 20 heavy (non-hydrogen) atoms. The van der Waals surface area contributed by atoms with Crippen LogP contribution in [-0.2, 0) is 9.59 Å². The van der Waals surface area contributed by atoms with Crippen molar-refractivity contribution in [3.05, 3.63) is 24.3 Å². The van der Waals surface area contributed by atoms with E-state index in [0.717, 1.165) is 24.5 Å². The van der Waals surface area contributed by atoms with E-state index in [1.165, 1.54) is 0 Å². The van der Waals surface area contributed by atoms with E-state index in [0.29, 0.717) is 6.54 Å². The minimum Gasteiger partial charge on any atom is -0.368 e. The lowest BCUT2D eigenvalue weighted by molar-refractivity contribution is -0.124. The Bertz CT molecular complexity index is 504. The Labute approximate surface area is 118 Å². The molecule has 2 amide bonds. The number of hydrogen-bond donors (Lipinski definition) is 2. The highest BCUT2D eigenvalue weighted by Crippen LogP contribution is 2.32. The maximum absolute atomic E-state index is 12.2. The van der Waals surface area contributed by atoms with Gasteiger partial charge in [-0.15, -0.1) is 0 Å². The third-order valence-corrected chi connectivity index (χ3v) is 3.41. The first-order valence-corrected chi connectivity index (χ1v) is 6.78. The fourth-order valence-corrected chi connectivity index (χ4v) is 2.35. The number of nitrogens with two attached hydrogens (primary N) is 1. The fourth-order valence-electron chi connectivity index (χ4n) is 2.35. The summed E-state index contributed by atoms with van der Waals surface area (Å²) in [6, 6.07) is 7.82. The number of nitrogens with one attached hydrogen (secondary N) is 1. The van der Waals surface area contributed by atoms with E-state index in [9.17, 15) is 9.59 Å². The van der Waals surface area contributed by atoms with Crippen LogP contribution in [0.15, 0.2) is 24.3 Å². The van der Waals surface area contributed by atoms with Crippen molar-refractivity contribution in [1.82, 2.24) is 5.32 Å². The van der Waals surface area contributed by atoms with E-state index in [1.807, 2.05) is 24.3 Å². The summed E-state index contributed by atoms with van der Waals surface area (Å²) in [7, 11) is 0. The molecular formula is C14H20N4O2. The molecule has 0 radical (unpaired) electrons. The molecule has 0 saturated carbocycles. The summed E-state index contributed by atoms with van der Waals surface area (Å²) in [6.45, 7) is 4.30. The molecule has 0 aliphatic carbocycles. The molecular weight excluding hydrogens is 256 g/mol. The van der Waals surface area contributed by atoms with E-state index in [-0.39, 0.29) is 24.9 Å². The number of rotatable bonds is 4. The Morgan fingerprint density at radius 2 is 1.95 bits per heavy atom. The topological polar surface area (TPSA) is 78.7 Å². The predicted octanol–water partition coefficient (Wildman–Crippen LogP) is -0.0656. The van der Waals surface area contributed by atoms with E-state index < -0.39 is 0 Å². The third-order valence-electron chi connectivity index (χ3n) is 3.41. The molecule has 2 rings (SSSR count). The molecule has 0 spiro atoms. The first-order valence-electron chi connectivity index (χ1n) is 6.78. The Morgan fingerprint density at radius 3 is 2.60 bits per heavy atom. The highest BCUT2D eigenvalue weighted by Gasteiger charge is 2.25. The number of amides is 2. The van der Waals surface area contributed by atoms with Crippen molar-refractivity contribution < 1.29 is 9.59 Å². The molecule has 0 aromatic heterocycles. The third kappa shape index (κ3) is 2.91. The lowest BCUT2D eigenvalue weighted by Crippen LogP contribution is -2.48. The van der Waals surface area contributed by atoms with E-state index in [4.69, 9.17) is 5.73 Å². The SMILES string of the molecule is CCN1CCN(C(=O)CNC(=O)CN)c2ccccc21. The van der Waals surface area contributed by atoms with Gasteiger partial charge in [0.1, 0.15) is 0 Å². The number of fused-ring (bicyclic) bond motifs is 1. The molecule has 1 aliphatic heterocycles. The van der Waals surface area contributed by atoms with Gasteiger partial charge in [0, 0.05) is 19.6 Å². The molecule has 1 aromatic rings. The Hall–Kier alpha value is -2.08. The zero-order valence-electron chi connectivity index (χ0n) is 11.6. The van der Waals surface area contributed by atoms with E-state index >= 15 is 0 Å². The van der Waals surface area contributed by atoms with Gasteiger partial charge in [-0.3, -0.25) is 9.59 Å². The second-order valence-corrected chi connectivity index (χ2v) is 4.59. The quantitative estimate of drug-likeness (QED) is 0.807. The van der Waals surface area contributed by atoms with E-state index in [2.05, 4.69) is 17.1 Å². The number of carbonyl (C=O) groups is 2. The van der Waals surface area contributed by atoms with Crippen LogP contribution in [-0.4, -0.2) is 44.5 Å². The first-order chi connectivity index (χ1) is 9.67. The average molecular weight is 276 g/mol. The molecule has 108 valence electrons. The molecule has 0 atom stereocenters. The zero-order chi connectivity index (χ0) is 14.5. The number of anilines is 2. The Balaban J connectivity index is 2.13. The van der Waals surface area contributed by atoms with Crippen LogP contribution in [0.1, 0.15) is 6.92 Å². The van der Waals surface area contributed by atoms with Crippen molar-refractivity contribution >= 4 is 23.2 Å². The van der Waals surface area contributed by atoms with Gasteiger partial charge >= 0.3 is 0 Å². The number of carbonyl (C=O) groups excluding carboxylic acids is 2. The first kappa shape index (κ1) is 14.3. The van der Waals surface area contributed by atoms with Crippen molar-refractivity contribution in [1.29, 1.82) is 0 Å². The summed E-state index contributed by atoms with van der Waals surface area (Å²) in [5.41, 5.74) is 7.16. The molecule has 0 fully saturated rings. The van der Waals surface area contributed by atoms with Crippen LogP contribution in [0.3, 0.4) is 0 Å². The lowest BCUT2D eigenvalue weighted by Gasteiger charge is -2.37. The van der Waals surface area contributed by atoms with Gasteiger partial charge in [-0.1, -0.05) is 12.1 Å². The van der Waals surface area contributed by atoms with Gasteiger partial charge in [-0.25, -0.2) is 0 Å². The summed E-state index contributed by atoms with van der Waals surface area (Å²) < 4.78 is 0. The monoisotopic (exact) mass is 276 g/mol. The molecule has 3 N–H and O–H groups in total. The standard InChI is InChI=1S/C14H20N4O2/c1-2-17-7-8-18(12-6-4-3-5-11(12)17)14(20)10-16-13(19)9-15/h3-6H,2,7-10,15H2,1H3,(H,16,19). The molecule has 6 heteroatoms. The number of nitrogens with zero attached hydrogens (tertiary/aromatic N) is 2. The van der Waals surface area contributed by atoms with Crippen LogP contribution in [0, 0.1) is 0 Å². The number of para-hydroxylation sites is 2. The van der Waals surface area contributed by atoms with Crippen LogP contribution in [0.5, 0.6) is 0 Å². The molecule has 6 nitrogen and oxygen atoms in total.